The van der Waals surface area contributed by atoms with Gasteiger partial charge in [0.1, 0.15) is 10.8 Å². The van der Waals surface area contributed by atoms with Gasteiger partial charge < -0.3 is 4.74 Å². The van der Waals surface area contributed by atoms with Gasteiger partial charge in [-0.25, -0.2) is 4.98 Å². The van der Waals surface area contributed by atoms with Gasteiger partial charge in [-0.05, 0) is 30.3 Å². The lowest BCUT2D eigenvalue weighted by atomic mass is 10.3. The Kier molecular flexibility index (Phi) is 4.80. The number of para-hydroxylation sites is 1. The molecule has 4 rings (SSSR count). The average molecular weight is 375 g/mol. The molecule has 0 fully saturated rings. The Balaban J connectivity index is 1.42. The summed E-state index contributed by atoms with van der Waals surface area (Å²) < 4.78 is 5.62. The molecular formula is C19H13N5O2S. The minimum Gasteiger partial charge on any atom is -0.439 e. The van der Waals surface area contributed by atoms with Crippen molar-refractivity contribution in [3.8, 4) is 22.2 Å². The van der Waals surface area contributed by atoms with E-state index in [0.29, 0.717) is 27.3 Å². The highest BCUT2D eigenvalue weighted by Crippen LogP contribution is 2.26. The molecule has 0 unspecified atom stereocenters. The zero-order chi connectivity index (χ0) is 18.5. The molecule has 132 valence electrons. The van der Waals surface area contributed by atoms with Gasteiger partial charge in [0, 0.05) is 30.2 Å². The van der Waals surface area contributed by atoms with Crippen LogP contribution in [-0.2, 0) is 0 Å². The summed E-state index contributed by atoms with van der Waals surface area (Å²) in [6.45, 7) is 0. The normalized spacial score (nSPS) is 10.4. The van der Waals surface area contributed by atoms with Crippen molar-refractivity contribution in [2.75, 3.05) is 5.32 Å². The van der Waals surface area contributed by atoms with Gasteiger partial charge in [-0.2, -0.15) is 0 Å². The van der Waals surface area contributed by atoms with E-state index in [9.17, 15) is 4.79 Å². The number of carbonyl (C=O) groups excluding carboxylic acids is 1. The number of nitrogens with one attached hydrogen (secondary N) is 1. The molecule has 4 aromatic rings. The fourth-order valence-corrected chi connectivity index (χ4v) is 2.98. The van der Waals surface area contributed by atoms with Gasteiger partial charge in [-0.3, -0.25) is 15.1 Å². The molecule has 3 heterocycles. The van der Waals surface area contributed by atoms with E-state index in [1.807, 2.05) is 42.5 Å². The summed E-state index contributed by atoms with van der Waals surface area (Å²) in [5, 5.41) is 11.9. The highest BCUT2D eigenvalue weighted by atomic mass is 32.1. The third-order valence-corrected chi connectivity index (χ3v) is 4.42. The predicted octanol–water partition coefficient (Wildman–Crippen LogP) is 4.04. The first-order chi connectivity index (χ1) is 13.3. The number of pyridine rings is 2. The van der Waals surface area contributed by atoms with Crippen molar-refractivity contribution in [3.63, 3.8) is 0 Å². The van der Waals surface area contributed by atoms with E-state index in [1.54, 1.807) is 24.5 Å². The van der Waals surface area contributed by atoms with Gasteiger partial charge in [-0.15, -0.1) is 10.2 Å². The molecule has 0 spiro atoms. The standard InChI is InChI=1S/C19H13N5O2S/c25-17(22-19-24-23-18(27-19)13-8-10-20-11-9-13)14-6-7-16(21-12-14)26-15-4-2-1-3-5-15/h1-12H,(H,22,24,25). The Morgan fingerprint density at radius 1 is 0.963 bits per heavy atom. The number of hydrogen-bond acceptors (Lipinski definition) is 7. The molecule has 0 aliphatic rings. The van der Waals surface area contributed by atoms with Gasteiger partial charge in [0.15, 0.2) is 0 Å². The second kappa shape index (κ2) is 7.71. The quantitative estimate of drug-likeness (QED) is 0.566. The van der Waals surface area contributed by atoms with Crippen LogP contribution >= 0.6 is 11.3 Å². The molecule has 0 aliphatic carbocycles. The van der Waals surface area contributed by atoms with Crippen molar-refractivity contribution < 1.29 is 9.53 Å². The van der Waals surface area contributed by atoms with Gasteiger partial charge in [0.25, 0.3) is 5.91 Å². The summed E-state index contributed by atoms with van der Waals surface area (Å²) >= 11 is 1.29. The molecule has 0 saturated carbocycles. The van der Waals surface area contributed by atoms with Crippen molar-refractivity contribution in [1.29, 1.82) is 0 Å². The van der Waals surface area contributed by atoms with E-state index >= 15 is 0 Å². The second-order valence-electron chi connectivity index (χ2n) is 5.40. The van der Waals surface area contributed by atoms with Crippen LogP contribution in [0.5, 0.6) is 11.6 Å². The molecule has 27 heavy (non-hydrogen) atoms. The number of anilines is 1. The monoisotopic (exact) mass is 375 g/mol. The molecular weight excluding hydrogens is 362 g/mol. The van der Waals surface area contributed by atoms with Gasteiger partial charge in [-0.1, -0.05) is 29.5 Å². The largest absolute Gasteiger partial charge is 0.439 e. The van der Waals surface area contributed by atoms with Crippen LogP contribution in [-0.4, -0.2) is 26.1 Å². The van der Waals surface area contributed by atoms with Crippen molar-refractivity contribution in [1.82, 2.24) is 20.2 Å². The van der Waals surface area contributed by atoms with Crippen LogP contribution < -0.4 is 10.1 Å². The summed E-state index contributed by atoms with van der Waals surface area (Å²) in [7, 11) is 0. The minimum absolute atomic E-state index is 0.314. The summed E-state index contributed by atoms with van der Waals surface area (Å²) in [6.07, 6.45) is 4.82. The van der Waals surface area contributed by atoms with Gasteiger partial charge in [0.2, 0.25) is 11.0 Å². The first kappa shape index (κ1) is 16.8. The van der Waals surface area contributed by atoms with Crippen molar-refractivity contribution in [2.24, 2.45) is 0 Å². The average Bonchev–Trinajstić information content (AvgIpc) is 3.18. The lowest BCUT2D eigenvalue weighted by Crippen LogP contribution is -2.12. The van der Waals surface area contributed by atoms with Crippen LogP contribution in [0.15, 0.2) is 73.2 Å². The van der Waals surface area contributed by atoms with E-state index in [1.165, 1.54) is 17.5 Å². The smallest absolute Gasteiger partial charge is 0.259 e. The maximum atomic E-state index is 12.4. The fraction of sp³-hybridized carbons (Fsp3) is 0. The SMILES string of the molecule is O=C(Nc1nnc(-c2ccncc2)s1)c1ccc(Oc2ccccc2)nc1. The van der Waals surface area contributed by atoms with Gasteiger partial charge in [0.05, 0.1) is 5.56 Å². The van der Waals surface area contributed by atoms with Crippen LogP contribution in [0.2, 0.25) is 0 Å². The molecule has 0 atom stereocenters. The van der Waals surface area contributed by atoms with Crippen molar-refractivity contribution in [2.45, 2.75) is 0 Å². The van der Waals surface area contributed by atoms with Gasteiger partial charge >= 0.3 is 0 Å². The number of nitrogens with zero attached hydrogens (tertiary/aromatic N) is 4. The highest BCUT2D eigenvalue weighted by molar-refractivity contribution is 7.18. The van der Waals surface area contributed by atoms with Crippen LogP contribution in [0.25, 0.3) is 10.6 Å². The molecule has 1 amide bonds. The predicted molar refractivity (Wildman–Crippen MR) is 102 cm³/mol. The van der Waals surface area contributed by atoms with Crippen LogP contribution in [0, 0.1) is 0 Å². The number of hydrogen-bond donors (Lipinski definition) is 1. The zero-order valence-electron chi connectivity index (χ0n) is 13.9. The Labute approximate surface area is 158 Å². The minimum atomic E-state index is -0.314. The number of benzene rings is 1. The number of rotatable bonds is 5. The lowest BCUT2D eigenvalue weighted by molar-refractivity contribution is 0.102. The first-order valence-corrected chi connectivity index (χ1v) is 8.84. The van der Waals surface area contributed by atoms with Crippen molar-refractivity contribution in [3.05, 3.63) is 78.8 Å². The Bertz CT molecular complexity index is 1040. The maximum absolute atomic E-state index is 12.4. The molecule has 1 N–H and O–H groups in total. The third kappa shape index (κ3) is 4.13. The van der Waals surface area contributed by atoms with E-state index in [0.717, 1.165) is 5.56 Å². The third-order valence-electron chi connectivity index (χ3n) is 3.54. The zero-order valence-corrected chi connectivity index (χ0v) is 14.8. The summed E-state index contributed by atoms with van der Waals surface area (Å²) in [5.41, 5.74) is 1.29. The summed E-state index contributed by atoms with van der Waals surface area (Å²) in [4.78, 5) is 20.5. The van der Waals surface area contributed by atoms with E-state index in [4.69, 9.17) is 4.74 Å². The van der Waals surface area contributed by atoms with E-state index < -0.39 is 0 Å². The Morgan fingerprint density at radius 2 is 1.78 bits per heavy atom. The fourth-order valence-electron chi connectivity index (χ4n) is 2.24. The molecule has 0 saturated heterocycles. The highest BCUT2D eigenvalue weighted by Gasteiger charge is 2.12. The maximum Gasteiger partial charge on any atom is 0.259 e. The number of ether oxygens (including phenoxy) is 1. The molecule has 8 heteroatoms. The molecule has 0 radical (unpaired) electrons. The number of carbonyl (C=O) groups is 1. The van der Waals surface area contributed by atoms with Crippen LogP contribution in [0.4, 0.5) is 5.13 Å². The number of aromatic nitrogens is 4. The Hall–Kier alpha value is -3.65. The van der Waals surface area contributed by atoms with E-state index in [-0.39, 0.29) is 5.91 Å². The second-order valence-corrected chi connectivity index (χ2v) is 6.38. The Morgan fingerprint density at radius 3 is 2.52 bits per heavy atom. The molecule has 3 aromatic heterocycles. The topological polar surface area (TPSA) is 89.9 Å². The summed E-state index contributed by atoms with van der Waals surface area (Å²) in [5.74, 6) is 0.777. The molecule has 0 aliphatic heterocycles. The van der Waals surface area contributed by atoms with Crippen molar-refractivity contribution >= 4 is 22.4 Å². The molecule has 1 aromatic carbocycles. The van der Waals surface area contributed by atoms with E-state index in [2.05, 4.69) is 25.5 Å². The molecule has 7 nitrogen and oxygen atoms in total. The number of amides is 1. The molecule has 0 bridgehead atoms. The van der Waals surface area contributed by atoms with Crippen LogP contribution in [0.1, 0.15) is 10.4 Å². The van der Waals surface area contributed by atoms with Crippen LogP contribution in [0.3, 0.4) is 0 Å². The lowest BCUT2D eigenvalue weighted by Gasteiger charge is -2.05. The summed E-state index contributed by atoms with van der Waals surface area (Å²) in [6, 6.07) is 16.3. The first-order valence-electron chi connectivity index (χ1n) is 8.02.